The van der Waals surface area contributed by atoms with Gasteiger partial charge in [-0.3, -0.25) is 9.78 Å². The number of para-hydroxylation sites is 1. The molecule has 1 aliphatic rings. The topological polar surface area (TPSA) is 78.0 Å². The summed E-state index contributed by atoms with van der Waals surface area (Å²) in [6.45, 7) is 5.66. The van der Waals surface area contributed by atoms with Crippen LogP contribution in [-0.2, 0) is 6.42 Å². The monoisotopic (exact) mass is 488 g/mol. The van der Waals surface area contributed by atoms with Gasteiger partial charge < -0.3 is 14.8 Å². The highest BCUT2D eigenvalue weighted by Crippen LogP contribution is 2.29. The largest absolute Gasteiger partial charge is 0.361 e. The van der Waals surface area contributed by atoms with Crippen LogP contribution in [0.3, 0.4) is 0 Å². The minimum atomic E-state index is 0.216. The minimum Gasteiger partial charge on any atom is -0.361 e. The van der Waals surface area contributed by atoms with E-state index >= 15 is 0 Å². The summed E-state index contributed by atoms with van der Waals surface area (Å²) in [6.07, 6.45) is 14.0. The zero-order chi connectivity index (χ0) is 24.0. The summed E-state index contributed by atoms with van der Waals surface area (Å²) in [5.74, 6) is 1.46. The van der Waals surface area contributed by atoms with Crippen LogP contribution in [0.5, 0.6) is 0 Å². The number of aromatic amines is 1. The number of fused-ring (bicyclic) bond motifs is 1. The Bertz CT molecular complexity index is 1240. The smallest absolute Gasteiger partial charge is 0.186 e. The predicted octanol–water partition coefficient (Wildman–Crippen LogP) is 5.36. The van der Waals surface area contributed by atoms with Crippen molar-refractivity contribution in [1.82, 2.24) is 19.9 Å². The standard InChI is InChI=1S/C27H32N6OS/c1-2-3-6-20(15-21-17-30-23-8-5-4-7-22(21)23)16-24(34)25-18-31-27(35-25)33-13-11-32(12-14-33)26-19-28-9-10-29-26/h4-5,7-10,17-20,30H,2-3,6,11-16H2,1H3. The van der Waals surface area contributed by atoms with E-state index in [1.807, 2.05) is 0 Å². The first-order valence-electron chi connectivity index (χ1n) is 12.5. The van der Waals surface area contributed by atoms with Crippen LogP contribution in [0.15, 0.2) is 55.2 Å². The van der Waals surface area contributed by atoms with Gasteiger partial charge >= 0.3 is 0 Å². The fourth-order valence-corrected chi connectivity index (χ4v) is 5.78. The summed E-state index contributed by atoms with van der Waals surface area (Å²) in [7, 11) is 0. The number of aromatic nitrogens is 4. The van der Waals surface area contributed by atoms with E-state index in [2.05, 4.69) is 67.1 Å². The van der Waals surface area contributed by atoms with Gasteiger partial charge in [-0.2, -0.15) is 0 Å². The Labute approximate surface area is 210 Å². The van der Waals surface area contributed by atoms with Gasteiger partial charge in [-0.1, -0.05) is 49.3 Å². The van der Waals surface area contributed by atoms with Crippen molar-refractivity contribution in [3.63, 3.8) is 0 Å². The van der Waals surface area contributed by atoms with E-state index in [-0.39, 0.29) is 5.78 Å². The molecule has 0 saturated carbocycles. The van der Waals surface area contributed by atoms with E-state index in [9.17, 15) is 4.79 Å². The number of Topliss-reactive ketones (excluding diaryl/α,β-unsaturated/α-hetero) is 1. The molecule has 4 heterocycles. The number of hydrogen-bond acceptors (Lipinski definition) is 7. The molecule has 3 aromatic heterocycles. The minimum absolute atomic E-state index is 0.216. The summed E-state index contributed by atoms with van der Waals surface area (Å²) in [4.78, 5) is 35.1. The van der Waals surface area contributed by atoms with Crippen molar-refractivity contribution in [2.45, 2.75) is 39.0 Å². The molecule has 35 heavy (non-hydrogen) atoms. The summed E-state index contributed by atoms with van der Waals surface area (Å²) < 4.78 is 0. The van der Waals surface area contributed by atoms with Gasteiger partial charge in [0.25, 0.3) is 0 Å². The van der Waals surface area contributed by atoms with Crippen molar-refractivity contribution in [2.24, 2.45) is 5.92 Å². The average molecular weight is 489 g/mol. The lowest BCUT2D eigenvalue weighted by atomic mass is 9.89. The second-order valence-corrected chi connectivity index (χ2v) is 10.3. The summed E-state index contributed by atoms with van der Waals surface area (Å²) in [5, 5.41) is 2.20. The van der Waals surface area contributed by atoms with Gasteiger partial charge in [0.05, 0.1) is 17.3 Å². The molecule has 1 N–H and O–H groups in total. The molecule has 7 nitrogen and oxygen atoms in total. The molecule has 0 radical (unpaired) electrons. The van der Waals surface area contributed by atoms with Crippen molar-refractivity contribution in [3.8, 4) is 0 Å². The molecule has 0 amide bonds. The van der Waals surface area contributed by atoms with Crippen LogP contribution in [0.4, 0.5) is 10.9 Å². The number of carbonyl (C=O) groups excluding carboxylic acids is 1. The van der Waals surface area contributed by atoms with Gasteiger partial charge in [0, 0.05) is 62.1 Å². The van der Waals surface area contributed by atoms with Crippen LogP contribution in [0, 0.1) is 5.92 Å². The first kappa shape index (κ1) is 23.5. The van der Waals surface area contributed by atoms with Crippen LogP contribution >= 0.6 is 11.3 Å². The predicted molar refractivity (Wildman–Crippen MR) is 143 cm³/mol. The number of rotatable bonds is 10. The molecule has 1 unspecified atom stereocenters. The lowest BCUT2D eigenvalue weighted by molar-refractivity contribution is 0.0962. The molecule has 5 rings (SSSR count). The lowest BCUT2D eigenvalue weighted by Gasteiger charge is -2.34. The number of unbranched alkanes of at least 4 members (excludes halogenated alkanes) is 1. The second kappa shape index (κ2) is 11.0. The zero-order valence-corrected chi connectivity index (χ0v) is 21.0. The maximum Gasteiger partial charge on any atom is 0.186 e. The number of ketones is 1. The number of anilines is 2. The Morgan fingerprint density at radius 3 is 2.71 bits per heavy atom. The lowest BCUT2D eigenvalue weighted by Crippen LogP contribution is -2.46. The SMILES string of the molecule is CCCCC(CC(=O)c1cnc(N2CCN(c3cnccn3)CC2)s1)Cc1c[nH]c2ccccc12. The van der Waals surface area contributed by atoms with Crippen molar-refractivity contribution in [1.29, 1.82) is 0 Å². The van der Waals surface area contributed by atoms with Gasteiger partial charge in [0.2, 0.25) is 0 Å². The Morgan fingerprint density at radius 2 is 1.91 bits per heavy atom. The maximum atomic E-state index is 13.3. The number of carbonyl (C=O) groups is 1. The van der Waals surface area contributed by atoms with E-state index < -0.39 is 0 Å². The fourth-order valence-electron chi connectivity index (χ4n) is 4.86. The van der Waals surface area contributed by atoms with E-state index in [1.54, 1.807) is 24.8 Å². The molecule has 1 saturated heterocycles. The van der Waals surface area contributed by atoms with Crippen LogP contribution in [0.2, 0.25) is 0 Å². The van der Waals surface area contributed by atoms with E-state index in [4.69, 9.17) is 0 Å². The number of thiazole rings is 1. The summed E-state index contributed by atoms with van der Waals surface area (Å²) in [5.41, 5.74) is 2.47. The van der Waals surface area contributed by atoms with Crippen molar-refractivity contribution in [3.05, 3.63) is 65.7 Å². The van der Waals surface area contributed by atoms with E-state index in [0.29, 0.717) is 12.3 Å². The molecular weight excluding hydrogens is 456 g/mol. The number of benzene rings is 1. The third-order valence-corrected chi connectivity index (χ3v) is 7.91. The zero-order valence-electron chi connectivity index (χ0n) is 20.2. The van der Waals surface area contributed by atoms with Crippen LogP contribution in [-0.4, -0.2) is 51.9 Å². The van der Waals surface area contributed by atoms with Gasteiger partial charge in [0.1, 0.15) is 5.82 Å². The number of H-pyrrole nitrogens is 1. The third-order valence-electron chi connectivity index (χ3n) is 6.82. The Hall–Kier alpha value is -3.26. The number of nitrogens with one attached hydrogen (secondary N) is 1. The van der Waals surface area contributed by atoms with Gasteiger partial charge in [-0.05, 0) is 30.4 Å². The average Bonchev–Trinajstić information content (AvgIpc) is 3.56. The van der Waals surface area contributed by atoms with Crippen LogP contribution < -0.4 is 9.80 Å². The van der Waals surface area contributed by atoms with Crippen LogP contribution in [0.25, 0.3) is 10.9 Å². The highest BCUT2D eigenvalue weighted by atomic mass is 32.1. The number of nitrogens with zero attached hydrogens (tertiary/aromatic N) is 5. The Kier molecular flexibility index (Phi) is 7.37. The third kappa shape index (κ3) is 5.53. The van der Waals surface area contributed by atoms with Crippen molar-refractivity contribution >= 4 is 39.0 Å². The highest BCUT2D eigenvalue weighted by Gasteiger charge is 2.23. The van der Waals surface area contributed by atoms with Gasteiger partial charge in [-0.25, -0.2) is 9.97 Å². The first-order chi connectivity index (χ1) is 17.2. The molecular formula is C27H32N6OS. The molecule has 0 aliphatic carbocycles. The number of hydrogen-bond donors (Lipinski definition) is 1. The molecule has 4 aromatic rings. The van der Waals surface area contributed by atoms with Gasteiger partial charge in [-0.15, -0.1) is 0 Å². The van der Waals surface area contributed by atoms with E-state index in [1.165, 1.54) is 22.3 Å². The molecule has 1 atom stereocenters. The molecule has 1 aliphatic heterocycles. The normalized spacial score (nSPS) is 15.0. The molecule has 0 spiro atoms. The fraction of sp³-hybridized carbons (Fsp3) is 0.407. The van der Waals surface area contributed by atoms with E-state index in [0.717, 1.165) is 73.2 Å². The van der Waals surface area contributed by atoms with Crippen molar-refractivity contribution in [2.75, 3.05) is 36.0 Å². The molecule has 0 bridgehead atoms. The second-order valence-electron chi connectivity index (χ2n) is 9.24. The highest BCUT2D eigenvalue weighted by molar-refractivity contribution is 7.17. The first-order valence-corrected chi connectivity index (χ1v) is 13.3. The molecule has 1 aromatic carbocycles. The maximum absolute atomic E-state index is 13.3. The quantitative estimate of drug-likeness (QED) is 0.303. The number of piperazine rings is 1. The Morgan fingerprint density at radius 1 is 1.09 bits per heavy atom. The molecule has 8 heteroatoms. The van der Waals surface area contributed by atoms with Gasteiger partial charge in [0.15, 0.2) is 10.9 Å². The Balaban J connectivity index is 1.21. The molecule has 1 fully saturated rings. The van der Waals surface area contributed by atoms with Crippen molar-refractivity contribution < 1.29 is 4.79 Å². The summed E-state index contributed by atoms with van der Waals surface area (Å²) >= 11 is 1.53. The summed E-state index contributed by atoms with van der Waals surface area (Å²) in [6, 6.07) is 8.41. The molecule has 182 valence electrons. The van der Waals surface area contributed by atoms with Crippen LogP contribution in [0.1, 0.15) is 47.8 Å².